The number of benzene rings is 2. The second-order valence-electron chi connectivity index (χ2n) is 8.06. The zero-order valence-electron chi connectivity index (χ0n) is 17.5. The highest BCUT2D eigenvalue weighted by atomic mass is 32.1. The lowest BCUT2D eigenvalue weighted by atomic mass is 9.87. The number of carbonyl (C=O) groups is 1. The minimum Gasteiger partial charge on any atom is -0.481 e. The van der Waals surface area contributed by atoms with Crippen LogP contribution in [0.3, 0.4) is 0 Å². The Hall–Kier alpha value is -3.39. The molecule has 8 heteroatoms. The number of nitrogens with zero attached hydrogens (tertiary/aromatic N) is 2. The monoisotopic (exact) mass is 448 g/mol. The first-order chi connectivity index (χ1) is 15.6. The van der Waals surface area contributed by atoms with E-state index in [-0.39, 0.29) is 12.0 Å². The minimum atomic E-state index is -0.703. The first-order valence-electron chi connectivity index (χ1n) is 10.8. The van der Waals surface area contributed by atoms with Gasteiger partial charge in [-0.25, -0.2) is 9.98 Å². The number of ether oxygens (including phenoxy) is 1. The molecule has 2 aromatic carbocycles. The molecule has 0 radical (unpaired) electrons. The first-order valence-corrected chi connectivity index (χ1v) is 11.6. The predicted octanol–water partition coefficient (Wildman–Crippen LogP) is 5.00. The maximum absolute atomic E-state index is 11.1. The molecule has 1 aromatic heterocycles. The van der Waals surface area contributed by atoms with Crippen molar-refractivity contribution in [3.8, 4) is 0 Å². The average molecular weight is 449 g/mol. The largest absolute Gasteiger partial charge is 0.481 e. The molecule has 1 saturated carbocycles. The van der Waals surface area contributed by atoms with Crippen LogP contribution >= 0.6 is 11.3 Å². The SMILES string of the molecule is O=C(O)[C@H]1CC[C@@H](OC2=NC=C(c3ccc(Nc4nc5ccccc5s4)cc3)CN2)CC1. The lowest BCUT2D eigenvalue weighted by molar-refractivity contribution is -0.143. The van der Waals surface area contributed by atoms with Crippen LogP contribution in [-0.2, 0) is 9.53 Å². The number of thiazole rings is 1. The lowest BCUT2D eigenvalue weighted by Crippen LogP contribution is -2.35. The van der Waals surface area contributed by atoms with Crippen molar-refractivity contribution in [3.63, 3.8) is 0 Å². The Bertz CT molecular complexity index is 1140. The van der Waals surface area contributed by atoms with Crippen LogP contribution in [-0.4, -0.2) is 34.7 Å². The van der Waals surface area contributed by atoms with E-state index < -0.39 is 5.97 Å². The Balaban J connectivity index is 1.19. The van der Waals surface area contributed by atoms with Gasteiger partial charge in [-0.2, -0.15) is 0 Å². The van der Waals surface area contributed by atoms with E-state index in [1.165, 1.54) is 0 Å². The molecule has 1 aliphatic heterocycles. The van der Waals surface area contributed by atoms with E-state index in [0.29, 0.717) is 25.4 Å². The molecule has 0 spiro atoms. The summed E-state index contributed by atoms with van der Waals surface area (Å²) in [6.07, 6.45) is 4.68. The standard InChI is InChI=1S/C24H24N4O3S/c29-22(30)16-7-11-19(12-8-16)31-23-25-13-17(14-26-23)15-5-9-18(10-6-15)27-24-28-20-3-1-2-4-21(20)32-24/h1-6,9-10,13,16,19H,7-8,11-12,14H2,(H,25,26)(H,27,28)(H,29,30)/t16-,19+. The van der Waals surface area contributed by atoms with E-state index in [4.69, 9.17) is 9.84 Å². The van der Waals surface area contributed by atoms with Crippen molar-refractivity contribution in [2.45, 2.75) is 31.8 Å². The Morgan fingerprint density at radius 1 is 1.09 bits per heavy atom. The third kappa shape index (κ3) is 4.60. The molecule has 1 fully saturated rings. The van der Waals surface area contributed by atoms with Crippen LogP contribution in [0.2, 0.25) is 0 Å². The summed E-state index contributed by atoms with van der Waals surface area (Å²) in [7, 11) is 0. The van der Waals surface area contributed by atoms with Crippen LogP contribution in [0.4, 0.5) is 10.8 Å². The minimum absolute atomic E-state index is 0.0275. The zero-order valence-corrected chi connectivity index (χ0v) is 18.3. The quantitative estimate of drug-likeness (QED) is 0.508. The topological polar surface area (TPSA) is 95.8 Å². The second-order valence-corrected chi connectivity index (χ2v) is 9.09. The Morgan fingerprint density at radius 3 is 2.56 bits per heavy atom. The van der Waals surface area contributed by atoms with Gasteiger partial charge in [0, 0.05) is 18.4 Å². The van der Waals surface area contributed by atoms with Crippen LogP contribution in [0, 0.1) is 5.92 Å². The number of hydrogen-bond donors (Lipinski definition) is 3. The second kappa shape index (κ2) is 9.00. The normalized spacial score (nSPS) is 20.8. The Labute approximate surface area is 189 Å². The van der Waals surface area contributed by atoms with Crippen LogP contribution in [0.1, 0.15) is 31.2 Å². The van der Waals surface area contributed by atoms with E-state index in [2.05, 4.69) is 38.8 Å². The number of rotatable bonds is 5. The van der Waals surface area contributed by atoms with Gasteiger partial charge in [-0.1, -0.05) is 35.6 Å². The maximum Gasteiger partial charge on any atom is 0.306 e. The third-order valence-electron chi connectivity index (χ3n) is 5.87. The predicted molar refractivity (Wildman–Crippen MR) is 127 cm³/mol. The van der Waals surface area contributed by atoms with Gasteiger partial charge in [0.2, 0.25) is 0 Å². The summed E-state index contributed by atoms with van der Waals surface area (Å²) in [5, 5.41) is 16.6. The number of nitrogens with one attached hydrogen (secondary N) is 2. The van der Waals surface area contributed by atoms with Crippen molar-refractivity contribution in [2.75, 3.05) is 11.9 Å². The van der Waals surface area contributed by atoms with Crippen LogP contribution in [0.25, 0.3) is 15.8 Å². The number of aliphatic imine (C=N–C) groups is 1. The number of anilines is 2. The number of para-hydroxylation sites is 1. The van der Waals surface area contributed by atoms with Crippen molar-refractivity contribution in [3.05, 3.63) is 60.3 Å². The van der Waals surface area contributed by atoms with Crippen LogP contribution < -0.4 is 10.6 Å². The lowest BCUT2D eigenvalue weighted by Gasteiger charge is -2.28. The van der Waals surface area contributed by atoms with Gasteiger partial charge in [-0.15, -0.1) is 0 Å². The summed E-state index contributed by atoms with van der Waals surface area (Å²) >= 11 is 1.64. The molecule has 0 saturated heterocycles. The number of amidine groups is 1. The number of fused-ring (bicyclic) bond motifs is 1. The molecule has 1 aliphatic carbocycles. The van der Waals surface area contributed by atoms with Gasteiger partial charge in [0.1, 0.15) is 6.10 Å². The molecule has 0 amide bonds. The molecule has 0 bridgehead atoms. The fourth-order valence-corrected chi connectivity index (χ4v) is 4.94. The molecule has 5 rings (SSSR count). The number of aliphatic carboxylic acids is 1. The van der Waals surface area contributed by atoms with Crippen molar-refractivity contribution in [2.24, 2.45) is 10.9 Å². The zero-order chi connectivity index (χ0) is 21.9. The van der Waals surface area contributed by atoms with Gasteiger partial charge in [-0.05, 0) is 61.1 Å². The highest BCUT2D eigenvalue weighted by Crippen LogP contribution is 2.29. The van der Waals surface area contributed by atoms with Gasteiger partial charge in [0.25, 0.3) is 6.02 Å². The molecule has 3 N–H and O–H groups in total. The Morgan fingerprint density at radius 2 is 1.88 bits per heavy atom. The molecule has 7 nitrogen and oxygen atoms in total. The van der Waals surface area contributed by atoms with Gasteiger partial charge in [-0.3, -0.25) is 4.79 Å². The van der Waals surface area contributed by atoms with E-state index in [0.717, 1.165) is 45.0 Å². The molecule has 2 heterocycles. The van der Waals surface area contributed by atoms with Gasteiger partial charge in [0.05, 0.1) is 16.1 Å². The molecule has 2 aliphatic rings. The summed E-state index contributed by atoms with van der Waals surface area (Å²) in [6.45, 7) is 0.633. The van der Waals surface area contributed by atoms with E-state index in [1.807, 2.05) is 36.5 Å². The fraction of sp³-hybridized carbons (Fsp3) is 0.292. The fourth-order valence-electron chi connectivity index (χ4n) is 4.05. The molecule has 32 heavy (non-hydrogen) atoms. The third-order valence-corrected chi connectivity index (χ3v) is 6.82. The van der Waals surface area contributed by atoms with E-state index in [1.54, 1.807) is 11.3 Å². The summed E-state index contributed by atoms with van der Waals surface area (Å²) in [6, 6.07) is 16.8. The summed E-state index contributed by atoms with van der Waals surface area (Å²) in [4.78, 5) is 20.1. The van der Waals surface area contributed by atoms with Crippen LogP contribution in [0.15, 0.2) is 59.7 Å². The van der Waals surface area contributed by atoms with Gasteiger partial charge < -0.3 is 20.5 Å². The average Bonchev–Trinajstić information content (AvgIpc) is 3.23. The highest BCUT2D eigenvalue weighted by molar-refractivity contribution is 7.22. The van der Waals surface area contributed by atoms with Gasteiger partial charge in [0.15, 0.2) is 5.13 Å². The first kappa shape index (κ1) is 20.5. The van der Waals surface area contributed by atoms with E-state index in [9.17, 15) is 4.79 Å². The van der Waals surface area contributed by atoms with Crippen molar-refractivity contribution < 1.29 is 14.6 Å². The molecule has 0 unspecified atom stereocenters. The summed E-state index contributed by atoms with van der Waals surface area (Å²) in [5.74, 6) is -0.944. The molecule has 0 atom stereocenters. The number of aromatic nitrogens is 1. The summed E-state index contributed by atoms with van der Waals surface area (Å²) in [5.41, 5.74) is 4.16. The molecular formula is C24H24N4O3S. The summed E-state index contributed by atoms with van der Waals surface area (Å²) < 4.78 is 7.10. The van der Waals surface area contributed by atoms with Crippen molar-refractivity contribution >= 4 is 49.9 Å². The molecular weight excluding hydrogens is 424 g/mol. The Kier molecular flexibility index (Phi) is 5.77. The number of hydrogen-bond acceptors (Lipinski definition) is 7. The van der Waals surface area contributed by atoms with Gasteiger partial charge >= 0.3 is 5.97 Å². The van der Waals surface area contributed by atoms with E-state index >= 15 is 0 Å². The number of carboxylic acid groups (broad SMARTS) is 1. The molecule has 3 aromatic rings. The number of carboxylic acids is 1. The molecule has 164 valence electrons. The smallest absolute Gasteiger partial charge is 0.306 e. The van der Waals surface area contributed by atoms with Crippen molar-refractivity contribution in [1.82, 2.24) is 10.3 Å². The highest BCUT2D eigenvalue weighted by Gasteiger charge is 2.27. The van der Waals surface area contributed by atoms with Crippen molar-refractivity contribution in [1.29, 1.82) is 0 Å². The van der Waals surface area contributed by atoms with Crippen LogP contribution in [0.5, 0.6) is 0 Å². The maximum atomic E-state index is 11.1.